The SMILES string of the molecule is Cc1ccc(C)c(-c2ccc(C(CN)C(C)C)cc2)c1. The van der Waals surface area contributed by atoms with Gasteiger partial charge in [-0.25, -0.2) is 0 Å². The molecule has 2 rings (SSSR count). The van der Waals surface area contributed by atoms with Crippen LogP contribution in [0.1, 0.15) is 36.5 Å². The van der Waals surface area contributed by atoms with E-state index in [0.29, 0.717) is 18.4 Å². The van der Waals surface area contributed by atoms with E-state index in [9.17, 15) is 0 Å². The van der Waals surface area contributed by atoms with Gasteiger partial charge in [-0.15, -0.1) is 0 Å². The van der Waals surface area contributed by atoms with Gasteiger partial charge in [-0.2, -0.15) is 0 Å². The molecule has 1 heteroatoms. The van der Waals surface area contributed by atoms with Crippen LogP contribution < -0.4 is 5.73 Å². The zero-order valence-electron chi connectivity index (χ0n) is 13.0. The maximum absolute atomic E-state index is 5.90. The van der Waals surface area contributed by atoms with Crippen LogP contribution in [0.5, 0.6) is 0 Å². The van der Waals surface area contributed by atoms with Crippen LogP contribution in [0.4, 0.5) is 0 Å². The predicted octanol–water partition coefficient (Wildman–Crippen LogP) is 4.67. The average Bonchev–Trinajstić information content (AvgIpc) is 2.43. The largest absolute Gasteiger partial charge is 0.330 e. The first-order chi connectivity index (χ1) is 9.52. The van der Waals surface area contributed by atoms with Gasteiger partial charge in [0, 0.05) is 0 Å². The highest BCUT2D eigenvalue weighted by atomic mass is 14.6. The van der Waals surface area contributed by atoms with Gasteiger partial charge in [0.2, 0.25) is 0 Å². The number of nitrogens with two attached hydrogens (primary N) is 1. The first-order valence-electron chi connectivity index (χ1n) is 7.40. The minimum atomic E-state index is 0.447. The van der Waals surface area contributed by atoms with E-state index in [1.165, 1.54) is 27.8 Å². The van der Waals surface area contributed by atoms with E-state index in [4.69, 9.17) is 5.73 Å². The van der Waals surface area contributed by atoms with E-state index in [-0.39, 0.29) is 0 Å². The number of hydrogen-bond donors (Lipinski definition) is 1. The second-order valence-electron chi connectivity index (χ2n) is 6.03. The Labute approximate surface area is 122 Å². The van der Waals surface area contributed by atoms with Crippen LogP contribution in [0.2, 0.25) is 0 Å². The van der Waals surface area contributed by atoms with Gasteiger partial charge < -0.3 is 5.73 Å². The summed E-state index contributed by atoms with van der Waals surface area (Å²) in [6.45, 7) is 9.48. The Hall–Kier alpha value is -1.60. The minimum Gasteiger partial charge on any atom is -0.330 e. The smallest absolute Gasteiger partial charge is 0.000577 e. The van der Waals surface area contributed by atoms with Crippen LogP contribution in [0.25, 0.3) is 11.1 Å². The lowest BCUT2D eigenvalue weighted by Gasteiger charge is -2.19. The van der Waals surface area contributed by atoms with E-state index in [1.54, 1.807) is 0 Å². The summed E-state index contributed by atoms with van der Waals surface area (Å²) in [4.78, 5) is 0. The summed E-state index contributed by atoms with van der Waals surface area (Å²) >= 11 is 0. The van der Waals surface area contributed by atoms with Crippen molar-refractivity contribution in [1.29, 1.82) is 0 Å². The lowest BCUT2D eigenvalue weighted by Crippen LogP contribution is -2.17. The van der Waals surface area contributed by atoms with Crippen molar-refractivity contribution in [2.45, 2.75) is 33.6 Å². The second-order valence-corrected chi connectivity index (χ2v) is 6.03. The number of hydrogen-bond acceptors (Lipinski definition) is 1. The Bertz CT molecular complexity index is 567. The Morgan fingerprint density at radius 1 is 0.950 bits per heavy atom. The van der Waals surface area contributed by atoms with Gasteiger partial charge in [0.15, 0.2) is 0 Å². The summed E-state index contributed by atoms with van der Waals surface area (Å²) in [5.41, 5.74) is 12.5. The van der Waals surface area contributed by atoms with Gasteiger partial charge in [0.1, 0.15) is 0 Å². The molecule has 2 N–H and O–H groups in total. The summed E-state index contributed by atoms with van der Waals surface area (Å²) in [6, 6.07) is 15.5. The van der Waals surface area contributed by atoms with Crippen LogP contribution in [-0.4, -0.2) is 6.54 Å². The molecule has 1 atom stereocenters. The maximum atomic E-state index is 5.90. The Balaban J connectivity index is 2.35. The molecule has 1 unspecified atom stereocenters. The van der Waals surface area contributed by atoms with Crippen LogP contribution >= 0.6 is 0 Å². The van der Waals surface area contributed by atoms with E-state index in [1.807, 2.05) is 0 Å². The van der Waals surface area contributed by atoms with Crippen molar-refractivity contribution in [3.05, 3.63) is 59.2 Å². The molecule has 0 bridgehead atoms. The molecule has 106 valence electrons. The third-order valence-corrected chi connectivity index (χ3v) is 4.10. The fourth-order valence-corrected chi connectivity index (χ4v) is 2.75. The molecule has 0 radical (unpaired) electrons. The van der Waals surface area contributed by atoms with Crippen molar-refractivity contribution >= 4 is 0 Å². The average molecular weight is 267 g/mol. The van der Waals surface area contributed by atoms with Gasteiger partial charge >= 0.3 is 0 Å². The standard InChI is InChI=1S/C19H25N/c1-13(2)19(12-20)17-9-7-16(8-10-17)18-11-14(3)5-6-15(18)4/h5-11,13,19H,12,20H2,1-4H3. The summed E-state index contributed by atoms with van der Waals surface area (Å²) in [5, 5.41) is 0. The van der Waals surface area contributed by atoms with Crippen molar-refractivity contribution in [3.8, 4) is 11.1 Å². The summed E-state index contributed by atoms with van der Waals surface area (Å²) in [5.74, 6) is 1.02. The highest BCUT2D eigenvalue weighted by Gasteiger charge is 2.14. The van der Waals surface area contributed by atoms with Crippen LogP contribution in [0.3, 0.4) is 0 Å². The lowest BCUT2D eigenvalue weighted by atomic mass is 9.87. The summed E-state index contributed by atoms with van der Waals surface area (Å²) < 4.78 is 0. The van der Waals surface area contributed by atoms with Gasteiger partial charge in [0.25, 0.3) is 0 Å². The van der Waals surface area contributed by atoms with Gasteiger partial charge in [0.05, 0.1) is 0 Å². The van der Waals surface area contributed by atoms with Crippen molar-refractivity contribution in [2.24, 2.45) is 11.7 Å². The Morgan fingerprint density at radius 3 is 2.15 bits per heavy atom. The maximum Gasteiger partial charge on any atom is -0.000577 e. The van der Waals surface area contributed by atoms with Crippen molar-refractivity contribution < 1.29 is 0 Å². The molecule has 0 amide bonds. The zero-order chi connectivity index (χ0) is 14.7. The second kappa shape index (κ2) is 6.23. The fraction of sp³-hybridized carbons (Fsp3) is 0.368. The molecule has 0 aromatic heterocycles. The molecule has 0 spiro atoms. The minimum absolute atomic E-state index is 0.447. The molecular weight excluding hydrogens is 242 g/mol. The van der Waals surface area contributed by atoms with Crippen LogP contribution in [0, 0.1) is 19.8 Å². The molecule has 0 fully saturated rings. The number of benzene rings is 2. The Kier molecular flexibility index (Phi) is 4.61. The number of rotatable bonds is 4. The van der Waals surface area contributed by atoms with E-state index in [2.05, 4.69) is 70.2 Å². The highest BCUT2D eigenvalue weighted by Crippen LogP contribution is 2.28. The molecule has 0 aliphatic heterocycles. The summed E-state index contributed by atoms with van der Waals surface area (Å²) in [7, 11) is 0. The van der Waals surface area contributed by atoms with E-state index < -0.39 is 0 Å². The Morgan fingerprint density at radius 2 is 1.60 bits per heavy atom. The highest BCUT2D eigenvalue weighted by molar-refractivity contribution is 5.68. The molecular formula is C19H25N. The molecule has 0 saturated heterocycles. The van der Waals surface area contributed by atoms with Gasteiger partial charge in [-0.05, 0) is 54.5 Å². The fourth-order valence-electron chi connectivity index (χ4n) is 2.75. The molecule has 0 saturated carbocycles. The summed E-state index contributed by atoms with van der Waals surface area (Å²) in [6.07, 6.45) is 0. The predicted molar refractivity (Wildman–Crippen MR) is 88.0 cm³/mol. The molecule has 2 aromatic rings. The first-order valence-corrected chi connectivity index (χ1v) is 7.40. The van der Waals surface area contributed by atoms with Crippen molar-refractivity contribution in [1.82, 2.24) is 0 Å². The quantitative estimate of drug-likeness (QED) is 0.856. The molecule has 1 nitrogen and oxygen atoms in total. The third-order valence-electron chi connectivity index (χ3n) is 4.10. The normalized spacial score (nSPS) is 12.7. The lowest BCUT2D eigenvalue weighted by molar-refractivity contribution is 0.506. The topological polar surface area (TPSA) is 26.0 Å². The van der Waals surface area contributed by atoms with Gasteiger partial charge in [-0.3, -0.25) is 0 Å². The van der Waals surface area contributed by atoms with E-state index >= 15 is 0 Å². The molecule has 20 heavy (non-hydrogen) atoms. The van der Waals surface area contributed by atoms with Crippen molar-refractivity contribution in [2.75, 3.05) is 6.54 Å². The molecule has 0 aliphatic rings. The molecule has 0 aliphatic carbocycles. The van der Waals surface area contributed by atoms with Crippen LogP contribution in [0.15, 0.2) is 42.5 Å². The molecule has 0 heterocycles. The molecule has 2 aromatic carbocycles. The first kappa shape index (κ1) is 14.8. The third kappa shape index (κ3) is 3.10. The monoisotopic (exact) mass is 267 g/mol. The number of aryl methyl sites for hydroxylation is 2. The van der Waals surface area contributed by atoms with Crippen molar-refractivity contribution in [3.63, 3.8) is 0 Å². The van der Waals surface area contributed by atoms with Crippen LogP contribution in [-0.2, 0) is 0 Å². The van der Waals surface area contributed by atoms with Gasteiger partial charge in [-0.1, -0.05) is 61.9 Å². The zero-order valence-corrected chi connectivity index (χ0v) is 13.0. The van der Waals surface area contributed by atoms with E-state index in [0.717, 1.165) is 0 Å².